The number of likely N-dealkylation sites (tertiary alicyclic amines) is 1. The quantitative estimate of drug-likeness (QED) is 0.228. The number of nitrogens with zero attached hydrogens (tertiary/aromatic N) is 2. The zero-order valence-electron chi connectivity index (χ0n) is 21.2. The molecule has 1 aromatic heterocycles. The number of ether oxygens (including phenoxy) is 1. The number of halogens is 1. The Morgan fingerprint density at radius 1 is 1.22 bits per heavy atom. The molecule has 2 aromatic carbocycles. The van der Waals surface area contributed by atoms with E-state index in [-0.39, 0.29) is 24.1 Å². The summed E-state index contributed by atoms with van der Waals surface area (Å²) in [5.74, 6) is 0.996. The number of carboxylic acid groups (broad SMARTS) is 1. The number of piperidine rings is 1. The van der Waals surface area contributed by atoms with Gasteiger partial charge in [-0.2, -0.15) is 0 Å². The van der Waals surface area contributed by atoms with Crippen molar-refractivity contribution >= 4 is 28.6 Å². The van der Waals surface area contributed by atoms with Gasteiger partial charge in [-0.25, -0.2) is 4.39 Å². The summed E-state index contributed by atoms with van der Waals surface area (Å²) >= 11 is 1.71. The Morgan fingerprint density at radius 2 is 2.03 bits per heavy atom. The van der Waals surface area contributed by atoms with E-state index in [1.807, 2.05) is 24.3 Å². The first-order valence-corrected chi connectivity index (χ1v) is 13.8. The van der Waals surface area contributed by atoms with Crippen LogP contribution in [0, 0.1) is 17.7 Å². The molecule has 0 radical (unpaired) electrons. The molecule has 1 aliphatic rings. The highest BCUT2D eigenvalue weighted by molar-refractivity contribution is 7.99. The molecule has 6 nitrogen and oxygen atoms in total. The van der Waals surface area contributed by atoms with Crippen molar-refractivity contribution in [2.45, 2.75) is 43.1 Å². The van der Waals surface area contributed by atoms with Crippen LogP contribution < -0.4 is 4.74 Å². The largest absolute Gasteiger partial charge is 0.497 e. The van der Waals surface area contributed by atoms with Gasteiger partial charge in [-0.15, -0.1) is 11.8 Å². The molecule has 0 aliphatic carbocycles. The van der Waals surface area contributed by atoms with Crippen LogP contribution in [-0.2, 0) is 4.79 Å². The van der Waals surface area contributed by atoms with Gasteiger partial charge in [0, 0.05) is 29.4 Å². The van der Waals surface area contributed by atoms with Crippen molar-refractivity contribution in [2.75, 3.05) is 32.5 Å². The van der Waals surface area contributed by atoms with Gasteiger partial charge >= 0.3 is 5.97 Å². The van der Waals surface area contributed by atoms with Gasteiger partial charge in [-0.05, 0) is 110 Å². The summed E-state index contributed by atoms with van der Waals surface area (Å²) in [5.41, 5.74) is 1.64. The maximum Gasteiger partial charge on any atom is 0.303 e. The SMILES string of the molecule is COc1ccc2nccc(C(O)CC[C@@H]3CCN(CCCSc4ccc(F)cc4)C[C@@H]3CC(=O)O)c2c1. The lowest BCUT2D eigenvalue weighted by atomic mass is 9.79. The average molecular weight is 527 g/mol. The number of aromatic nitrogens is 1. The Bertz CT molecular complexity index is 1180. The van der Waals surface area contributed by atoms with Crippen LogP contribution >= 0.6 is 11.8 Å². The Labute approximate surface area is 221 Å². The topological polar surface area (TPSA) is 82.9 Å². The van der Waals surface area contributed by atoms with Gasteiger partial charge in [0.15, 0.2) is 0 Å². The Morgan fingerprint density at radius 3 is 2.78 bits per heavy atom. The summed E-state index contributed by atoms with van der Waals surface area (Å²) < 4.78 is 18.4. The van der Waals surface area contributed by atoms with E-state index in [0.29, 0.717) is 6.42 Å². The minimum absolute atomic E-state index is 0.0671. The molecule has 0 bridgehead atoms. The molecule has 2 heterocycles. The van der Waals surface area contributed by atoms with Gasteiger partial charge in [0.25, 0.3) is 0 Å². The third-order valence-electron chi connectivity index (χ3n) is 7.27. The number of benzene rings is 2. The number of aliphatic hydroxyl groups is 1. The van der Waals surface area contributed by atoms with Crippen molar-refractivity contribution in [1.82, 2.24) is 9.88 Å². The van der Waals surface area contributed by atoms with Crippen LogP contribution in [0.15, 0.2) is 59.6 Å². The molecular formula is C29H35FN2O4S. The van der Waals surface area contributed by atoms with Crippen molar-refractivity contribution < 1.29 is 24.1 Å². The van der Waals surface area contributed by atoms with E-state index in [2.05, 4.69) is 9.88 Å². The lowest BCUT2D eigenvalue weighted by Crippen LogP contribution is -2.42. The number of carbonyl (C=O) groups is 1. The number of aliphatic carboxylic acids is 1. The van der Waals surface area contributed by atoms with Crippen LogP contribution in [0.4, 0.5) is 4.39 Å². The second kappa shape index (κ2) is 13.2. The molecule has 8 heteroatoms. The van der Waals surface area contributed by atoms with Crippen molar-refractivity contribution in [1.29, 1.82) is 0 Å². The van der Waals surface area contributed by atoms with Crippen molar-refractivity contribution in [2.24, 2.45) is 11.8 Å². The van der Waals surface area contributed by atoms with Crippen LogP contribution in [0.1, 0.15) is 43.8 Å². The average Bonchev–Trinajstić information content (AvgIpc) is 2.90. The van der Waals surface area contributed by atoms with E-state index in [1.54, 1.807) is 37.2 Å². The van der Waals surface area contributed by atoms with Crippen molar-refractivity contribution in [3.8, 4) is 5.75 Å². The number of hydrogen-bond acceptors (Lipinski definition) is 6. The molecule has 3 atom stereocenters. The number of hydrogen-bond donors (Lipinski definition) is 2. The maximum atomic E-state index is 13.1. The fourth-order valence-electron chi connectivity index (χ4n) is 5.30. The Kier molecular flexibility index (Phi) is 9.77. The lowest BCUT2D eigenvalue weighted by Gasteiger charge is -2.38. The minimum atomic E-state index is -0.767. The molecule has 1 saturated heterocycles. The highest BCUT2D eigenvalue weighted by atomic mass is 32.2. The standard InChI is InChI=1S/C29H35FN2O4S/c1-36-23-6-9-27-26(18-23)25(11-13-31-27)28(33)10-3-20-12-15-32(19-21(20)17-29(34)35)14-2-16-37-24-7-4-22(30)5-8-24/h4-9,11,13,18,20-21,28,33H,2-3,10,12,14-17,19H2,1H3,(H,34,35)/t20-,21+,28?/m1/s1. The van der Waals surface area contributed by atoms with Gasteiger partial charge < -0.3 is 19.8 Å². The van der Waals surface area contributed by atoms with Crippen LogP contribution in [0.5, 0.6) is 5.75 Å². The number of rotatable bonds is 12. The van der Waals surface area contributed by atoms with Crippen LogP contribution in [0.2, 0.25) is 0 Å². The molecule has 1 aliphatic heterocycles. The maximum absolute atomic E-state index is 13.1. The van der Waals surface area contributed by atoms with E-state index in [1.165, 1.54) is 12.1 Å². The van der Waals surface area contributed by atoms with Crippen LogP contribution in [0.3, 0.4) is 0 Å². The number of pyridine rings is 1. The van der Waals surface area contributed by atoms with E-state index < -0.39 is 12.1 Å². The third-order valence-corrected chi connectivity index (χ3v) is 8.36. The van der Waals surface area contributed by atoms with Gasteiger partial charge in [0.2, 0.25) is 0 Å². The fourth-order valence-corrected chi connectivity index (χ4v) is 6.13. The molecule has 0 amide bonds. The first-order valence-electron chi connectivity index (χ1n) is 12.9. The van der Waals surface area contributed by atoms with E-state index >= 15 is 0 Å². The predicted molar refractivity (Wildman–Crippen MR) is 145 cm³/mol. The minimum Gasteiger partial charge on any atom is -0.497 e. The smallest absolute Gasteiger partial charge is 0.303 e. The summed E-state index contributed by atoms with van der Waals surface area (Å²) in [6.45, 7) is 2.63. The van der Waals surface area contributed by atoms with Crippen molar-refractivity contribution in [3.63, 3.8) is 0 Å². The number of thioether (sulfide) groups is 1. The summed E-state index contributed by atoms with van der Waals surface area (Å²) in [6, 6.07) is 14.1. The summed E-state index contributed by atoms with van der Waals surface area (Å²) in [5, 5.41) is 21.5. The highest BCUT2D eigenvalue weighted by Gasteiger charge is 2.31. The normalized spacial score (nSPS) is 19.1. The summed E-state index contributed by atoms with van der Waals surface area (Å²) in [4.78, 5) is 19.4. The molecule has 198 valence electrons. The summed E-state index contributed by atoms with van der Waals surface area (Å²) in [7, 11) is 1.62. The first kappa shape index (κ1) is 27.4. The van der Waals surface area contributed by atoms with Gasteiger partial charge in [0.05, 0.1) is 18.7 Å². The third kappa shape index (κ3) is 7.66. The second-order valence-corrected chi connectivity index (χ2v) is 10.9. The van der Waals surface area contributed by atoms with Gasteiger partial charge in [-0.1, -0.05) is 0 Å². The lowest BCUT2D eigenvalue weighted by molar-refractivity contribution is -0.139. The molecule has 37 heavy (non-hydrogen) atoms. The molecule has 4 rings (SSSR count). The monoisotopic (exact) mass is 526 g/mol. The number of fused-ring (bicyclic) bond motifs is 1. The Hall–Kier alpha value is -2.68. The van der Waals surface area contributed by atoms with Gasteiger partial charge in [0.1, 0.15) is 11.6 Å². The number of aliphatic hydroxyl groups excluding tert-OH is 1. The first-order chi connectivity index (χ1) is 17.9. The van der Waals surface area contributed by atoms with Crippen LogP contribution in [-0.4, -0.2) is 58.6 Å². The number of methoxy groups -OCH3 is 1. The summed E-state index contributed by atoms with van der Waals surface area (Å²) in [6.07, 6.45) is 4.49. The predicted octanol–water partition coefficient (Wildman–Crippen LogP) is 5.79. The molecule has 1 fully saturated rings. The zero-order chi connectivity index (χ0) is 26.2. The molecule has 1 unspecified atom stereocenters. The molecule has 0 spiro atoms. The van der Waals surface area contributed by atoms with Crippen molar-refractivity contribution in [3.05, 3.63) is 66.1 Å². The van der Waals surface area contributed by atoms with Gasteiger partial charge in [-0.3, -0.25) is 9.78 Å². The Balaban J connectivity index is 1.30. The molecule has 0 saturated carbocycles. The van der Waals surface area contributed by atoms with E-state index in [0.717, 1.165) is 71.8 Å². The highest BCUT2D eigenvalue weighted by Crippen LogP contribution is 2.35. The molecule has 2 N–H and O–H groups in total. The second-order valence-electron chi connectivity index (χ2n) is 9.74. The van der Waals surface area contributed by atoms with E-state index in [4.69, 9.17) is 4.74 Å². The molecular weight excluding hydrogens is 491 g/mol. The van der Waals surface area contributed by atoms with E-state index in [9.17, 15) is 19.4 Å². The molecule has 3 aromatic rings. The zero-order valence-corrected chi connectivity index (χ0v) is 22.0. The van der Waals surface area contributed by atoms with Crippen LogP contribution in [0.25, 0.3) is 10.9 Å². The fraction of sp³-hybridized carbons (Fsp3) is 0.448. The number of carboxylic acids is 1.